The minimum Gasteiger partial charge on any atom is -0.348 e. The van der Waals surface area contributed by atoms with E-state index in [-0.39, 0.29) is 11.8 Å². The lowest BCUT2D eigenvalue weighted by atomic mass is 10.0. The van der Waals surface area contributed by atoms with Crippen molar-refractivity contribution in [3.05, 3.63) is 65.2 Å². The number of nitrogens with zero attached hydrogens (tertiary/aromatic N) is 1. The van der Waals surface area contributed by atoms with Crippen LogP contribution in [-0.2, 0) is 17.9 Å². The summed E-state index contributed by atoms with van der Waals surface area (Å²) < 4.78 is 0. The van der Waals surface area contributed by atoms with Crippen molar-refractivity contribution >= 4 is 17.5 Å². The molecule has 2 amide bonds. The normalized spacial score (nSPS) is 17.0. The second kappa shape index (κ2) is 10.2. The highest BCUT2D eigenvalue weighted by atomic mass is 16.2. The van der Waals surface area contributed by atoms with Gasteiger partial charge in [0.25, 0.3) is 5.91 Å². The fourth-order valence-electron chi connectivity index (χ4n) is 3.76. The molecule has 2 aromatic rings. The van der Waals surface area contributed by atoms with Crippen LogP contribution < -0.4 is 10.6 Å². The predicted octanol–water partition coefficient (Wildman–Crippen LogP) is 4.34. The molecule has 1 aliphatic heterocycles. The van der Waals surface area contributed by atoms with Crippen molar-refractivity contribution in [2.24, 2.45) is 0 Å². The van der Waals surface area contributed by atoms with Crippen LogP contribution in [0.15, 0.2) is 48.5 Å². The monoisotopic (exact) mass is 393 g/mol. The lowest BCUT2D eigenvalue weighted by Gasteiger charge is -2.33. The Morgan fingerprint density at radius 2 is 1.86 bits per heavy atom. The van der Waals surface area contributed by atoms with Gasteiger partial charge < -0.3 is 10.6 Å². The number of rotatable bonds is 7. The zero-order chi connectivity index (χ0) is 20.6. The van der Waals surface area contributed by atoms with E-state index in [9.17, 15) is 9.59 Å². The van der Waals surface area contributed by atoms with Crippen molar-refractivity contribution in [2.45, 2.75) is 58.7 Å². The minimum atomic E-state index is -0.140. The van der Waals surface area contributed by atoms with Gasteiger partial charge in [0.15, 0.2) is 0 Å². The molecule has 154 valence electrons. The molecule has 5 heteroatoms. The lowest BCUT2D eigenvalue weighted by Crippen LogP contribution is -2.37. The highest BCUT2D eigenvalue weighted by Crippen LogP contribution is 2.21. The van der Waals surface area contributed by atoms with Gasteiger partial charge in [0.05, 0.1) is 0 Å². The summed E-state index contributed by atoms with van der Waals surface area (Å²) in [6.07, 6.45) is 4.23. The van der Waals surface area contributed by atoms with E-state index >= 15 is 0 Å². The SMILES string of the molecule is CCC(=O)Nc1cccc(C(=O)NCc2ccccc2CN2CCCCC2C)c1. The van der Waals surface area contributed by atoms with Gasteiger partial charge in [0.1, 0.15) is 0 Å². The first-order valence-electron chi connectivity index (χ1n) is 10.6. The zero-order valence-electron chi connectivity index (χ0n) is 17.4. The van der Waals surface area contributed by atoms with Crippen molar-refractivity contribution in [3.8, 4) is 0 Å². The van der Waals surface area contributed by atoms with E-state index < -0.39 is 0 Å². The molecular formula is C24H31N3O2. The summed E-state index contributed by atoms with van der Waals surface area (Å²) in [6.45, 7) is 6.65. The molecule has 0 aliphatic carbocycles. The zero-order valence-corrected chi connectivity index (χ0v) is 17.4. The molecule has 0 aromatic heterocycles. The number of amides is 2. The number of carbonyl (C=O) groups is 2. The van der Waals surface area contributed by atoms with Gasteiger partial charge in [-0.05, 0) is 55.6 Å². The smallest absolute Gasteiger partial charge is 0.251 e. The molecule has 0 saturated carbocycles. The van der Waals surface area contributed by atoms with Crippen molar-refractivity contribution in [1.82, 2.24) is 10.2 Å². The molecule has 1 unspecified atom stereocenters. The maximum Gasteiger partial charge on any atom is 0.251 e. The lowest BCUT2D eigenvalue weighted by molar-refractivity contribution is -0.115. The third-order valence-electron chi connectivity index (χ3n) is 5.60. The number of nitrogens with one attached hydrogen (secondary N) is 2. The second-order valence-corrected chi connectivity index (χ2v) is 7.75. The van der Waals surface area contributed by atoms with Crippen LogP contribution in [0.1, 0.15) is 61.0 Å². The van der Waals surface area contributed by atoms with E-state index in [1.54, 1.807) is 31.2 Å². The average molecular weight is 394 g/mol. The van der Waals surface area contributed by atoms with Crippen LogP contribution in [0, 0.1) is 0 Å². The number of hydrogen-bond acceptors (Lipinski definition) is 3. The summed E-state index contributed by atoms with van der Waals surface area (Å²) in [5.74, 6) is -0.206. The van der Waals surface area contributed by atoms with Gasteiger partial charge in [-0.3, -0.25) is 14.5 Å². The van der Waals surface area contributed by atoms with Crippen LogP contribution in [0.5, 0.6) is 0 Å². The Hall–Kier alpha value is -2.66. The third kappa shape index (κ3) is 5.91. The molecule has 0 bridgehead atoms. The number of hydrogen-bond donors (Lipinski definition) is 2. The molecule has 29 heavy (non-hydrogen) atoms. The van der Waals surface area contributed by atoms with Crippen LogP contribution in [0.3, 0.4) is 0 Å². The maximum atomic E-state index is 12.6. The first-order valence-corrected chi connectivity index (χ1v) is 10.6. The minimum absolute atomic E-state index is 0.0663. The summed E-state index contributed by atoms with van der Waals surface area (Å²) >= 11 is 0. The van der Waals surface area contributed by atoms with E-state index in [0.717, 1.165) is 18.7 Å². The number of benzene rings is 2. The van der Waals surface area contributed by atoms with Crippen LogP contribution in [0.4, 0.5) is 5.69 Å². The second-order valence-electron chi connectivity index (χ2n) is 7.75. The largest absolute Gasteiger partial charge is 0.348 e. The van der Waals surface area contributed by atoms with Gasteiger partial charge in [-0.1, -0.05) is 43.7 Å². The highest BCUT2D eigenvalue weighted by Gasteiger charge is 2.19. The van der Waals surface area contributed by atoms with E-state index in [4.69, 9.17) is 0 Å². The first kappa shape index (κ1) is 21.1. The molecule has 2 N–H and O–H groups in total. The molecular weight excluding hydrogens is 362 g/mol. The van der Waals surface area contributed by atoms with E-state index in [2.05, 4.69) is 40.7 Å². The van der Waals surface area contributed by atoms with Gasteiger partial charge >= 0.3 is 0 Å². The van der Waals surface area contributed by atoms with Gasteiger partial charge in [0.2, 0.25) is 5.91 Å². The Bertz CT molecular complexity index is 850. The molecule has 5 nitrogen and oxygen atoms in total. The molecule has 1 aliphatic rings. The summed E-state index contributed by atoms with van der Waals surface area (Å²) in [4.78, 5) is 26.8. The Morgan fingerprint density at radius 3 is 2.62 bits per heavy atom. The predicted molar refractivity (Wildman–Crippen MR) is 117 cm³/mol. The Kier molecular flexibility index (Phi) is 7.42. The Morgan fingerprint density at radius 1 is 1.07 bits per heavy atom. The first-order chi connectivity index (χ1) is 14.1. The summed E-state index contributed by atoms with van der Waals surface area (Å²) in [5, 5.41) is 5.82. The number of likely N-dealkylation sites (tertiary alicyclic amines) is 1. The molecule has 0 radical (unpaired) electrons. The summed E-state index contributed by atoms with van der Waals surface area (Å²) in [5.41, 5.74) is 3.60. The number of carbonyl (C=O) groups excluding carboxylic acids is 2. The summed E-state index contributed by atoms with van der Waals surface area (Å²) in [7, 11) is 0. The van der Waals surface area contributed by atoms with Crippen molar-refractivity contribution in [1.29, 1.82) is 0 Å². The van der Waals surface area contributed by atoms with Crippen LogP contribution in [0.2, 0.25) is 0 Å². The van der Waals surface area contributed by atoms with Gasteiger partial charge in [0, 0.05) is 36.8 Å². The molecule has 1 saturated heterocycles. The standard InChI is InChI=1S/C24H31N3O2/c1-3-23(28)26-22-13-8-12-19(15-22)24(29)25-16-20-10-4-5-11-21(20)17-27-14-7-6-9-18(27)2/h4-5,8,10-13,15,18H,3,6-7,9,14,16-17H2,1-2H3,(H,25,29)(H,26,28). The third-order valence-corrected chi connectivity index (χ3v) is 5.60. The molecule has 1 atom stereocenters. The van der Waals surface area contributed by atoms with Crippen molar-refractivity contribution in [3.63, 3.8) is 0 Å². The molecule has 0 spiro atoms. The molecule has 1 heterocycles. The number of anilines is 1. The highest BCUT2D eigenvalue weighted by molar-refractivity contribution is 5.97. The van der Waals surface area contributed by atoms with Gasteiger partial charge in [-0.25, -0.2) is 0 Å². The molecule has 3 rings (SSSR count). The van der Waals surface area contributed by atoms with Crippen LogP contribution in [0.25, 0.3) is 0 Å². The van der Waals surface area contributed by atoms with Crippen LogP contribution >= 0.6 is 0 Å². The van der Waals surface area contributed by atoms with Crippen LogP contribution in [-0.4, -0.2) is 29.3 Å². The van der Waals surface area contributed by atoms with Crippen molar-refractivity contribution in [2.75, 3.05) is 11.9 Å². The summed E-state index contributed by atoms with van der Waals surface area (Å²) in [6, 6.07) is 16.0. The van der Waals surface area contributed by atoms with E-state index in [1.807, 2.05) is 6.07 Å². The Balaban J connectivity index is 1.63. The van der Waals surface area contributed by atoms with Crippen molar-refractivity contribution < 1.29 is 9.59 Å². The Labute approximate surface area is 173 Å². The number of piperidine rings is 1. The van der Waals surface area contributed by atoms with Gasteiger partial charge in [-0.15, -0.1) is 0 Å². The van der Waals surface area contributed by atoms with E-state index in [0.29, 0.717) is 30.3 Å². The quantitative estimate of drug-likeness (QED) is 0.736. The molecule has 2 aromatic carbocycles. The average Bonchev–Trinajstić information content (AvgIpc) is 2.74. The van der Waals surface area contributed by atoms with E-state index in [1.165, 1.54) is 24.8 Å². The fraction of sp³-hybridized carbons (Fsp3) is 0.417. The maximum absolute atomic E-state index is 12.6. The fourth-order valence-corrected chi connectivity index (χ4v) is 3.76. The van der Waals surface area contributed by atoms with Gasteiger partial charge in [-0.2, -0.15) is 0 Å². The topological polar surface area (TPSA) is 61.4 Å². The molecule has 1 fully saturated rings.